The van der Waals surface area contributed by atoms with Crippen LogP contribution in [0.25, 0.3) is 11.0 Å². The molecule has 0 radical (unpaired) electrons. The Balaban J connectivity index is 2.18. The molecule has 2 heterocycles. The standard InChI is InChI=1S/C11H9Cl3N2O3/c12-4-1-6-7(2-5(4)13)16(11(14)15-6)10-9(18)8(17)3-19-10/h1-2,8-10,17-18H,3H2. The highest BCUT2D eigenvalue weighted by Gasteiger charge is 2.37. The molecule has 0 saturated carbocycles. The van der Waals surface area contributed by atoms with Gasteiger partial charge in [0.2, 0.25) is 5.28 Å². The first-order valence-corrected chi connectivity index (χ1v) is 6.62. The fraction of sp³-hybridized carbons (Fsp3) is 0.364. The van der Waals surface area contributed by atoms with Crippen molar-refractivity contribution in [3.05, 3.63) is 27.5 Å². The van der Waals surface area contributed by atoms with Gasteiger partial charge in [-0.15, -0.1) is 0 Å². The van der Waals surface area contributed by atoms with Gasteiger partial charge in [-0.05, 0) is 23.7 Å². The van der Waals surface area contributed by atoms with Crippen molar-refractivity contribution >= 4 is 45.8 Å². The van der Waals surface area contributed by atoms with E-state index in [9.17, 15) is 10.2 Å². The van der Waals surface area contributed by atoms with Crippen molar-refractivity contribution in [1.82, 2.24) is 9.55 Å². The van der Waals surface area contributed by atoms with Crippen LogP contribution in [0.15, 0.2) is 12.1 Å². The molecule has 2 N–H and O–H groups in total. The molecule has 0 amide bonds. The Hall–Kier alpha value is -0.560. The van der Waals surface area contributed by atoms with Crippen molar-refractivity contribution in [2.75, 3.05) is 6.61 Å². The molecule has 8 heteroatoms. The molecule has 3 unspecified atom stereocenters. The number of halogens is 3. The molecule has 5 nitrogen and oxygen atoms in total. The highest BCUT2D eigenvalue weighted by Crippen LogP contribution is 2.35. The molecule has 0 bridgehead atoms. The second-order valence-electron chi connectivity index (χ2n) is 4.29. The molecule has 1 fully saturated rings. The maximum Gasteiger partial charge on any atom is 0.206 e. The Morgan fingerprint density at radius 3 is 2.53 bits per heavy atom. The topological polar surface area (TPSA) is 67.5 Å². The van der Waals surface area contributed by atoms with Crippen LogP contribution in [0.3, 0.4) is 0 Å². The molecule has 0 spiro atoms. The van der Waals surface area contributed by atoms with Crippen molar-refractivity contribution in [2.45, 2.75) is 18.4 Å². The highest BCUT2D eigenvalue weighted by atomic mass is 35.5. The van der Waals surface area contributed by atoms with Crippen LogP contribution in [0.5, 0.6) is 0 Å². The maximum absolute atomic E-state index is 9.90. The Bertz CT molecular complexity index is 646. The predicted octanol–water partition coefficient (Wildman–Crippen LogP) is 2.25. The van der Waals surface area contributed by atoms with E-state index >= 15 is 0 Å². The van der Waals surface area contributed by atoms with Crippen LogP contribution in [-0.2, 0) is 4.74 Å². The second kappa shape index (κ2) is 4.77. The van der Waals surface area contributed by atoms with Gasteiger partial charge in [0.05, 0.1) is 27.7 Å². The first kappa shape index (κ1) is 13.4. The second-order valence-corrected chi connectivity index (χ2v) is 5.44. The number of hydrogen-bond donors (Lipinski definition) is 2. The average molecular weight is 324 g/mol. The number of benzene rings is 1. The Kier molecular flexibility index (Phi) is 3.37. The van der Waals surface area contributed by atoms with Gasteiger partial charge in [0, 0.05) is 0 Å². The Morgan fingerprint density at radius 1 is 1.21 bits per heavy atom. The van der Waals surface area contributed by atoms with E-state index in [-0.39, 0.29) is 11.9 Å². The number of fused-ring (bicyclic) bond motifs is 1. The minimum absolute atomic E-state index is 0.0309. The normalized spacial score (nSPS) is 27.3. The molecule has 3 rings (SSSR count). The molecular formula is C11H9Cl3N2O3. The van der Waals surface area contributed by atoms with Crippen molar-refractivity contribution < 1.29 is 14.9 Å². The molecule has 1 aromatic heterocycles. The van der Waals surface area contributed by atoms with Crippen LogP contribution in [-0.4, -0.2) is 38.6 Å². The fourth-order valence-electron chi connectivity index (χ4n) is 2.11. The number of nitrogens with zero attached hydrogens (tertiary/aromatic N) is 2. The maximum atomic E-state index is 9.90. The minimum Gasteiger partial charge on any atom is -0.388 e. The minimum atomic E-state index is -1.08. The summed E-state index contributed by atoms with van der Waals surface area (Å²) in [5, 5.41) is 20.3. The molecule has 3 atom stereocenters. The summed E-state index contributed by atoms with van der Waals surface area (Å²) >= 11 is 17.9. The van der Waals surface area contributed by atoms with Crippen LogP contribution in [0.2, 0.25) is 15.3 Å². The third kappa shape index (κ3) is 2.11. The summed E-state index contributed by atoms with van der Waals surface area (Å²) in [6.07, 6.45) is -2.84. The van der Waals surface area contributed by atoms with Crippen molar-refractivity contribution in [1.29, 1.82) is 0 Å². The number of aliphatic hydroxyl groups excluding tert-OH is 2. The monoisotopic (exact) mass is 322 g/mol. The van der Waals surface area contributed by atoms with Crippen LogP contribution in [0.4, 0.5) is 0 Å². The summed E-state index contributed by atoms with van der Waals surface area (Å²) in [7, 11) is 0. The number of hydrogen-bond acceptors (Lipinski definition) is 4. The summed E-state index contributed by atoms with van der Waals surface area (Å²) in [5.41, 5.74) is 1.12. The lowest BCUT2D eigenvalue weighted by Gasteiger charge is -2.18. The van der Waals surface area contributed by atoms with Gasteiger partial charge < -0.3 is 14.9 Å². The van der Waals surface area contributed by atoms with E-state index in [1.807, 2.05) is 0 Å². The number of imidazole rings is 1. The highest BCUT2D eigenvalue weighted by molar-refractivity contribution is 6.42. The first-order valence-electron chi connectivity index (χ1n) is 5.49. The number of aromatic nitrogens is 2. The van der Waals surface area contributed by atoms with Crippen LogP contribution in [0, 0.1) is 0 Å². The molecule has 2 aromatic rings. The summed E-state index contributed by atoms with van der Waals surface area (Å²) in [6.45, 7) is 0.0309. The zero-order valence-corrected chi connectivity index (χ0v) is 11.7. The zero-order valence-electron chi connectivity index (χ0n) is 9.42. The van der Waals surface area contributed by atoms with Gasteiger partial charge >= 0.3 is 0 Å². The summed E-state index contributed by atoms with van der Waals surface area (Å²) in [6, 6.07) is 3.18. The SMILES string of the molecule is OC1COC(n2c(Cl)nc3cc(Cl)c(Cl)cc32)C1O. The zero-order chi connectivity index (χ0) is 13.7. The van der Waals surface area contributed by atoms with Crippen LogP contribution < -0.4 is 0 Å². The van der Waals surface area contributed by atoms with E-state index in [1.54, 1.807) is 12.1 Å². The van der Waals surface area contributed by atoms with E-state index in [2.05, 4.69) is 4.98 Å². The lowest BCUT2D eigenvalue weighted by Crippen LogP contribution is -2.28. The van der Waals surface area contributed by atoms with E-state index in [0.29, 0.717) is 21.1 Å². The number of ether oxygens (including phenoxy) is 1. The lowest BCUT2D eigenvalue weighted by atomic mass is 10.2. The quantitative estimate of drug-likeness (QED) is 0.844. The third-order valence-corrected chi connectivity index (χ3v) is 4.06. The van der Waals surface area contributed by atoms with Gasteiger partial charge in [0.25, 0.3) is 0 Å². The third-order valence-electron chi connectivity index (χ3n) is 3.07. The van der Waals surface area contributed by atoms with E-state index in [1.165, 1.54) is 4.57 Å². The van der Waals surface area contributed by atoms with Gasteiger partial charge in [0.15, 0.2) is 6.23 Å². The molecule has 1 saturated heterocycles. The van der Waals surface area contributed by atoms with E-state index in [0.717, 1.165) is 0 Å². The van der Waals surface area contributed by atoms with Crippen LogP contribution >= 0.6 is 34.8 Å². The van der Waals surface area contributed by atoms with Crippen molar-refractivity contribution in [3.63, 3.8) is 0 Å². The lowest BCUT2D eigenvalue weighted by molar-refractivity contribution is -0.0158. The van der Waals surface area contributed by atoms with Gasteiger partial charge in [-0.3, -0.25) is 4.57 Å². The smallest absolute Gasteiger partial charge is 0.206 e. The molecule has 0 aliphatic carbocycles. The number of aliphatic hydroxyl groups is 2. The molecular weight excluding hydrogens is 314 g/mol. The average Bonchev–Trinajstić information content (AvgIpc) is 2.82. The Labute approximate surface area is 123 Å². The Morgan fingerprint density at radius 2 is 1.89 bits per heavy atom. The van der Waals surface area contributed by atoms with E-state index < -0.39 is 18.4 Å². The molecule has 19 heavy (non-hydrogen) atoms. The summed E-state index contributed by atoms with van der Waals surface area (Å²) < 4.78 is 6.83. The van der Waals surface area contributed by atoms with Gasteiger partial charge in [-0.25, -0.2) is 4.98 Å². The molecule has 1 aromatic carbocycles. The van der Waals surface area contributed by atoms with Gasteiger partial charge in [0.1, 0.15) is 12.2 Å². The van der Waals surface area contributed by atoms with Crippen molar-refractivity contribution in [2.24, 2.45) is 0 Å². The molecule has 1 aliphatic rings. The first-order chi connectivity index (χ1) is 8.99. The fourth-order valence-corrected chi connectivity index (χ4v) is 2.71. The predicted molar refractivity (Wildman–Crippen MR) is 71.8 cm³/mol. The summed E-state index contributed by atoms with van der Waals surface area (Å²) in [5.74, 6) is 0. The van der Waals surface area contributed by atoms with Gasteiger partial charge in [-0.1, -0.05) is 23.2 Å². The summed E-state index contributed by atoms with van der Waals surface area (Å²) in [4.78, 5) is 4.13. The van der Waals surface area contributed by atoms with Crippen molar-refractivity contribution in [3.8, 4) is 0 Å². The molecule has 1 aliphatic heterocycles. The van der Waals surface area contributed by atoms with E-state index in [4.69, 9.17) is 39.5 Å². The molecule has 102 valence electrons. The van der Waals surface area contributed by atoms with Crippen LogP contribution in [0.1, 0.15) is 6.23 Å². The van der Waals surface area contributed by atoms with Gasteiger partial charge in [-0.2, -0.15) is 0 Å². The number of rotatable bonds is 1. The largest absolute Gasteiger partial charge is 0.388 e.